The maximum atomic E-state index is 12.2. The van der Waals surface area contributed by atoms with Crippen molar-refractivity contribution >= 4 is 17.6 Å². The molecule has 0 aliphatic rings. The largest absolute Gasteiger partial charge is 0.483 e. The molecule has 5 heteroatoms. The van der Waals surface area contributed by atoms with Gasteiger partial charge in [0.05, 0.1) is 12.7 Å². The first kappa shape index (κ1) is 20.7. The zero-order chi connectivity index (χ0) is 21.3. The van der Waals surface area contributed by atoms with E-state index in [0.717, 1.165) is 11.1 Å². The summed E-state index contributed by atoms with van der Waals surface area (Å²) in [4.78, 5) is 23.8. The van der Waals surface area contributed by atoms with E-state index in [-0.39, 0.29) is 12.5 Å². The van der Waals surface area contributed by atoms with Gasteiger partial charge in [0.1, 0.15) is 5.75 Å². The van der Waals surface area contributed by atoms with Crippen LogP contribution in [0.15, 0.2) is 72.8 Å². The number of benzene rings is 3. The Kier molecular flexibility index (Phi) is 6.86. The number of hydrogen-bond acceptors (Lipinski definition) is 4. The van der Waals surface area contributed by atoms with Gasteiger partial charge in [-0.05, 0) is 55.0 Å². The zero-order valence-corrected chi connectivity index (χ0v) is 16.8. The predicted octanol–water partition coefficient (Wildman–Crippen LogP) is 4.20. The lowest BCUT2D eigenvalue weighted by molar-refractivity contribution is -0.118. The van der Waals surface area contributed by atoms with Crippen molar-refractivity contribution < 1.29 is 19.1 Å². The molecule has 0 unspecified atom stereocenters. The monoisotopic (exact) mass is 399 g/mol. The smallest absolute Gasteiger partial charge is 0.337 e. The SMILES string of the molecule is COC(=O)c1cccc(C#Cc2cccc(NC(=O)COc3ccccc3C)c2)c1. The number of nitrogens with one attached hydrogen (secondary N) is 1. The number of hydrogen-bond donors (Lipinski definition) is 1. The summed E-state index contributed by atoms with van der Waals surface area (Å²) in [5, 5.41) is 2.81. The third-order valence-corrected chi connectivity index (χ3v) is 4.23. The van der Waals surface area contributed by atoms with Crippen LogP contribution in [0.1, 0.15) is 27.0 Å². The molecule has 30 heavy (non-hydrogen) atoms. The Morgan fingerprint density at radius 1 is 0.900 bits per heavy atom. The summed E-state index contributed by atoms with van der Waals surface area (Å²) < 4.78 is 10.3. The van der Waals surface area contributed by atoms with Gasteiger partial charge >= 0.3 is 5.97 Å². The zero-order valence-electron chi connectivity index (χ0n) is 16.8. The standard InChI is InChI=1S/C25H21NO4/c1-18-7-3-4-12-23(18)30-17-24(27)26-22-11-6-9-20(16-22)14-13-19-8-5-10-21(15-19)25(28)29-2/h3-12,15-16H,17H2,1-2H3,(H,26,27). The van der Waals surface area contributed by atoms with Crippen molar-refractivity contribution in [2.45, 2.75) is 6.92 Å². The molecule has 3 aromatic carbocycles. The highest BCUT2D eigenvalue weighted by Crippen LogP contribution is 2.16. The predicted molar refractivity (Wildman–Crippen MR) is 116 cm³/mol. The average Bonchev–Trinajstić information content (AvgIpc) is 2.77. The van der Waals surface area contributed by atoms with Crippen LogP contribution in [0.2, 0.25) is 0 Å². The third-order valence-electron chi connectivity index (χ3n) is 4.23. The maximum Gasteiger partial charge on any atom is 0.337 e. The summed E-state index contributed by atoms with van der Waals surface area (Å²) in [5.41, 5.74) is 3.47. The van der Waals surface area contributed by atoms with Crippen molar-refractivity contribution in [2.24, 2.45) is 0 Å². The Labute approximate surface area is 175 Å². The molecule has 0 atom stereocenters. The molecule has 150 valence electrons. The number of para-hydroxylation sites is 1. The van der Waals surface area contributed by atoms with Crippen molar-refractivity contribution in [1.29, 1.82) is 0 Å². The van der Waals surface area contributed by atoms with Gasteiger partial charge in [-0.3, -0.25) is 4.79 Å². The van der Waals surface area contributed by atoms with Crippen LogP contribution < -0.4 is 10.1 Å². The Morgan fingerprint density at radius 3 is 2.33 bits per heavy atom. The normalized spacial score (nSPS) is 9.80. The summed E-state index contributed by atoms with van der Waals surface area (Å²) in [6, 6.07) is 21.7. The lowest BCUT2D eigenvalue weighted by atomic mass is 10.1. The number of rotatable bonds is 5. The first-order valence-corrected chi connectivity index (χ1v) is 9.34. The van der Waals surface area contributed by atoms with E-state index in [2.05, 4.69) is 17.2 Å². The molecule has 3 aromatic rings. The van der Waals surface area contributed by atoms with Crippen molar-refractivity contribution in [3.63, 3.8) is 0 Å². The molecule has 0 saturated carbocycles. The number of anilines is 1. The van der Waals surface area contributed by atoms with Gasteiger partial charge in [0.15, 0.2) is 6.61 Å². The Balaban J connectivity index is 1.64. The Bertz CT molecular complexity index is 1120. The number of aryl methyl sites for hydroxylation is 1. The van der Waals surface area contributed by atoms with E-state index in [0.29, 0.717) is 22.6 Å². The number of carbonyl (C=O) groups excluding carboxylic acids is 2. The van der Waals surface area contributed by atoms with Crippen LogP contribution in [0.4, 0.5) is 5.69 Å². The second-order valence-electron chi connectivity index (χ2n) is 6.51. The maximum absolute atomic E-state index is 12.2. The summed E-state index contributed by atoms with van der Waals surface area (Å²) in [6.07, 6.45) is 0. The number of carbonyl (C=O) groups is 2. The lowest BCUT2D eigenvalue weighted by Gasteiger charge is -2.09. The second kappa shape index (κ2) is 9.94. The van der Waals surface area contributed by atoms with Gasteiger partial charge in [-0.1, -0.05) is 42.2 Å². The van der Waals surface area contributed by atoms with Crippen LogP contribution in [0.3, 0.4) is 0 Å². The molecule has 5 nitrogen and oxygen atoms in total. The van der Waals surface area contributed by atoms with E-state index < -0.39 is 5.97 Å². The topological polar surface area (TPSA) is 64.6 Å². The molecular weight excluding hydrogens is 378 g/mol. The van der Waals surface area contributed by atoms with E-state index in [1.807, 2.05) is 49.4 Å². The molecule has 0 spiro atoms. The molecule has 3 rings (SSSR count). The molecule has 0 aliphatic heterocycles. The van der Waals surface area contributed by atoms with Crippen molar-refractivity contribution in [3.8, 4) is 17.6 Å². The minimum atomic E-state index is -0.406. The number of amides is 1. The molecule has 0 radical (unpaired) electrons. The first-order valence-electron chi connectivity index (χ1n) is 9.34. The Morgan fingerprint density at radius 2 is 1.60 bits per heavy atom. The minimum absolute atomic E-state index is 0.0823. The van der Waals surface area contributed by atoms with E-state index in [1.165, 1.54) is 7.11 Å². The molecule has 1 amide bonds. The fraction of sp³-hybridized carbons (Fsp3) is 0.120. The molecule has 0 fully saturated rings. The number of ether oxygens (including phenoxy) is 2. The summed E-state index contributed by atoms with van der Waals surface area (Å²) in [7, 11) is 1.34. The highest BCUT2D eigenvalue weighted by molar-refractivity contribution is 5.92. The molecule has 0 heterocycles. The van der Waals surface area contributed by atoms with E-state index >= 15 is 0 Å². The lowest BCUT2D eigenvalue weighted by Crippen LogP contribution is -2.20. The summed E-state index contributed by atoms with van der Waals surface area (Å²) in [5.74, 6) is 6.08. The van der Waals surface area contributed by atoms with Crippen molar-refractivity contribution in [2.75, 3.05) is 19.0 Å². The molecule has 0 saturated heterocycles. The fourth-order valence-electron chi connectivity index (χ4n) is 2.72. The van der Waals surface area contributed by atoms with Crippen LogP contribution >= 0.6 is 0 Å². The van der Waals surface area contributed by atoms with Crippen LogP contribution in [0.5, 0.6) is 5.75 Å². The average molecular weight is 399 g/mol. The van der Waals surface area contributed by atoms with Crippen LogP contribution in [-0.4, -0.2) is 25.6 Å². The van der Waals surface area contributed by atoms with Gasteiger partial charge in [-0.2, -0.15) is 0 Å². The van der Waals surface area contributed by atoms with Gasteiger partial charge in [0.25, 0.3) is 5.91 Å². The fourth-order valence-corrected chi connectivity index (χ4v) is 2.72. The van der Waals surface area contributed by atoms with Gasteiger partial charge in [-0.25, -0.2) is 4.79 Å². The van der Waals surface area contributed by atoms with Gasteiger partial charge in [-0.15, -0.1) is 0 Å². The molecule has 0 aliphatic carbocycles. The van der Waals surface area contributed by atoms with Gasteiger partial charge in [0.2, 0.25) is 0 Å². The van der Waals surface area contributed by atoms with E-state index in [4.69, 9.17) is 9.47 Å². The van der Waals surface area contributed by atoms with Crippen LogP contribution in [-0.2, 0) is 9.53 Å². The van der Waals surface area contributed by atoms with E-state index in [1.54, 1.807) is 30.3 Å². The molecule has 0 aromatic heterocycles. The molecular formula is C25H21NO4. The van der Waals surface area contributed by atoms with Gasteiger partial charge < -0.3 is 14.8 Å². The number of esters is 1. The molecule has 0 bridgehead atoms. The summed E-state index contributed by atoms with van der Waals surface area (Å²) in [6.45, 7) is 1.84. The molecule has 1 N–H and O–H groups in total. The summed E-state index contributed by atoms with van der Waals surface area (Å²) >= 11 is 0. The second-order valence-corrected chi connectivity index (χ2v) is 6.51. The van der Waals surface area contributed by atoms with E-state index in [9.17, 15) is 9.59 Å². The first-order chi connectivity index (χ1) is 14.5. The van der Waals surface area contributed by atoms with Crippen molar-refractivity contribution in [1.82, 2.24) is 0 Å². The number of methoxy groups -OCH3 is 1. The quantitative estimate of drug-likeness (QED) is 0.516. The van der Waals surface area contributed by atoms with Crippen LogP contribution in [0, 0.1) is 18.8 Å². The Hall–Kier alpha value is -4.04. The minimum Gasteiger partial charge on any atom is -0.483 e. The highest BCUT2D eigenvalue weighted by atomic mass is 16.5. The highest BCUT2D eigenvalue weighted by Gasteiger charge is 2.06. The van der Waals surface area contributed by atoms with Crippen LogP contribution in [0.25, 0.3) is 0 Å². The third kappa shape index (κ3) is 5.73. The van der Waals surface area contributed by atoms with Crippen molar-refractivity contribution in [3.05, 3.63) is 95.1 Å². The van der Waals surface area contributed by atoms with Gasteiger partial charge in [0, 0.05) is 16.8 Å².